The highest BCUT2D eigenvalue weighted by molar-refractivity contribution is 7.13. The average Bonchev–Trinajstić information content (AvgIpc) is 2.88. The van der Waals surface area contributed by atoms with E-state index in [1.807, 2.05) is 38.3 Å². The molecule has 0 bridgehead atoms. The van der Waals surface area contributed by atoms with Gasteiger partial charge in [-0.15, -0.1) is 11.3 Å². The van der Waals surface area contributed by atoms with Gasteiger partial charge in [0.1, 0.15) is 5.60 Å². The Hall–Kier alpha value is -1.88. The standard InChI is InChI=1S/C15H18N2O2S/c1-15(2,3)19-14(18)17-10-11-9-16-7-6-12(11)13-5-4-8-20-13/h4-9H,10H2,1-3H3,(H,17,18). The number of thiophene rings is 1. The number of carbonyl (C=O) groups excluding carboxylic acids is 1. The summed E-state index contributed by atoms with van der Waals surface area (Å²) >= 11 is 1.66. The molecule has 1 amide bonds. The number of ether oxygens (including phenoxy) is 1. The number of nitrogens with one attached hydrogen (secondary N) is 1. The van der Waals surface area contributed by atoms with E-state index in [2.05, 4.69) is 16.4 Å². The topological polar surface area (TPSA) is 51.2 Å². The van der Waals surface area contributed by atoms with Gasteiger partial charge in [0.25, 0.3) is 0 Å². The zero-order valence-electron chi connectivity index (χ0n) is 11.8. The molecule has 5 heteroatoms. The smallest absolute Gasteiger partial charge is 0.407 e. The van der Waals surface area contributed by atoms with Gasteiger partial charge < -0.3 is 10.1 Å². The van der Waals surface area contributed by atoms with E-state index < -0.39 is 11.7 Å². The number of aromatic nitrogens is 1. The molecule has 0 radical (unpaired) electrons. The largest absolute Gasteiger partial charge is 0.444 e. The van der Waals surface area contributed by atoms with Crippen LogP contribution in [0.5, 0.6) is 0 Å². The minimum absolute atomic E-state index is 0.399. The Bertz CT molecular complexity index is 574. The maximum Gasteiger partial charge on any atom is 0.407 e. The molecule has 2 heterocycles. The molecule has 2 aromatic rings. The van der Waals surface area contributed by atoms with Crippen LogP contribution in [-0.4, -0.2) is 16.7 Å². The molecule has 0 fully saturated rings. The minimum atomic E-state index is -0.490. The number of amides is 1. The van der Waals surface area contributed by atoms with Crippen molar-refractivity contribution in [1.29, 1.82) is 0 Å². The van der Waals surface area contributed by atoms with E-state index >= 15 is 0 Å². The number of alkyl carbamates (subject to hydrolysis) is 1. The Morgan fingerprint density at radius 2 is 2.20 bits per heavy atom. The highest BCUT2D eigenvalue weighted by Gasteiger charge is 2.16. The van der Waals surface area contributed by atoms with Gasteiger partial charge in [-0.1, -0.05) is 6.07 Å². The average molecular weight is 290 g/mol. The fourth-order valence-electron chi connectivity index (χ4n) is 1.72. The number of rotatable bonds is 3. The van der Waals surface area contributed by atoms with Crippen LogP contribution in [0, 0.1) is 0 Å². The molecular weight excluding hydrogens is 272 g/mol. The fraction of sp³-hybridized carbons (Fsp3) is 0.333. The molecule has 2 rings (SSSR count). The molecule has 20 heavy (non-hydrogen) atoms. The molecule has 0 saturated carbocycles. The van der Waals surface area contributed by atoms with Gasteiger partial charge in [0.2, 0.25) is 0 Å². The van der Waals surface area contributed by atoms with Crippen LogP contribution in [0.4, 0.5) is 4.79 Å². The molecule has 0 aliphatic heterocycles. The van der Waals surface area contributed by atoms with Crippen molar-refractivity contribution in [2.45, 2.75) is 32.9 Å². The van der Waals surface area contributed by atoms with Gasteiger partial charge in [-0.25, -0.2) is 4.79 Å². The van der Waals surface area contributed by atoms with E-state index in [0.717, 1.165) is 16.0 Å². The molecule has 0 atom stereocenters. The predicted octanol–water partition coefficient (Wildman–Crippen LogP) is 3.83. The molecule has 106 valence electrons. The van der Waals surface area contributed by atoms with Gasteiger partial charge in [0.05, 0.1) is 0 Å². The van der Waals surface area contributed by atoms with Gasteiger partial charge in [0.15, 0.2) is 0 Å². The van der Waals surface area contributed by atoms with Crippen LogP contribution in [-0.2, 0) is 11.3 Å². The van der Waals surface area contributed by atoms with Crippen LogP contribution in [0.3, 0.4) is 0 Å². The summed E-state index contributed by atoms with van der Waals surface area (Å²) in [5.41, 5.74) is 1.57. The third-order valence-corrected chi connectivity index (χ3v) is 3.42. The molecule has 0 aromatic carbocycles. The van der Waals surface area contributed by atoms with Crippen LogP contribution >= 0.6 is 11.3 Å². The molecule has 0 aliphatic rings. The van der Waals surface area contributed by atoms with Crippen LogP contribution in [0.25, 0.3) is 10.4 Å². The highest BCUT2D eigenvalue weighted by atomic mass is 32.1. The SMILES string of the molecule is CC(C)(C)OC(=O)NCc1cnccc1-c1cccs1. The third kappa shape index (κ3) is 4.06. The van der Waals surface area contributed by atoms with Gasteiger partial charge >= 0.3 is 6.09 Å². The quantitative estimate of drug-likeness (QED) is 0.934. The summed E-state index contributed by atoms with van der Waals surface area (Å²) in [6, 6.07) is 6.01. The molecule has 0 aliphatic carbocycles. The Morgan fingerprint density at radius 3 is 2.85 bits per heavy atom. The van der Waals surface area contributed by atoms with Gasteiger partial charge in [-0.05, 0) is 49.4 Å². The summed E-state index contributed by atoms with van der Waals surface area (Å²) in [5.74, 6) is 0. The lowest BCUT2D eigenvalue weighted by atomic mass is 10.1. The van der Waals surface area contributed by atoms with Crippen molar-refractivity contribution in [3.63, 3.8) is 0 Å². The van der Waals surface area contributed by atoms with Crippen LogP contribution in [0.2, 0.25) is 0 Å². The van der Waals surface area contributed by atoms with E-state index in [4.69, 9.17) is 4.74 Å². The van der Waals surface area contributed by atoms with Crippen molar-refractivity contribution in [3.8, 4) is 10.4 Å². The molecular formula is C15H18N2O2S. The number of hydrogen-bond acceptors (Lipinski definition) is 4. The van der Waals surface area contributed by atoms with Crippen LogP contribution in [0.15, 0.2) is 36.0 Å². The molecule has 0 unspecified atom stereocenters. The van der Waals surface area contributed by atoms with Crippen molar-refractivity contribution in [2.24, 2.45) is 0 Å². The summed E-state index contributed by atoms with van der Waals surface area (Å²) in [6.45, 7) is 5.92. The predicted molar refractivity (Wildman–Crippen MR) is 80.6 cm³/mol. The summed E-state index contributed by atoms with van der Waals surface area (Å²) < 4.78 is 5.22. The second-order valence-corrected chi connectivity index (χ2v) is 6.31. The molecule has 0 saturated heterocycles. The van der Waals surface area contributed by atoms with Gasteiger partial charge in [-0.2, -0.15) is 0 Å². The lowest BCUT2D eigenvalue weighted by Crippen LogP contribution is -2.32. The summed E-state index contributed by atoms with van der Waals surface area (Å²) in [5, 5.41) is 4.79. The van der Waals surface area contributed by atoms with E-state index in [1.54, 1.807) is 23.7 Å². The number of hydrogen-bond donors (Lipinski definition) is 1. The lowest BCUT2D eigenvalue weighted by molar-refractivity contribution is 0.0523. The Morgan fingerprint density at radius 1 is 1.40 bits per heavy atom. The summed E-state index contributed by atoms with van der Waals surface area (Å²) in [6.07, 6.45) is 3.11. The molecule has 2 aromatic heterocycles. The molecule has 0 spiro atoms. The highest BCUT2D eigenvalue weighted by Crippen LogP contribution is 2.27. The maximum absolute atomic E-state index is 11.7. The van der Waals surface area contributed by atoms with Gasteiger partial charge in [-0.3, -0.25) is 4.98 Å². The van der Waals surface area contributed by atoms with Crippen molar-refractivity contribution in [2.75, 3.05) is 0 Å². The Balaban J connectivity index is 2.06. The van der Waals surface area contributed by atoms with E-state index in [1.165, 1.54) is 0 Å². The first-order valence-electron chi connectivity index (χ1n) is 6.39. The van der Waals surface area contributed by atoms with Gasteiger partial charge in [0, 0.05) is 23.8 Å². The summed E-state index contributed by atoms with van der Waals surface area (Å²) in [7, 11) is 0. The first kappa shape index (κ1) is 14.5. The second-order valence-electron chi connectivity index (χ2n) is 5.37. The first-order valence-corrected chi connectivity index (χ1v) is 7.27. The fourth-order valence-corrected chi connectivity index (χ4v) is 2.51. The molecule has 1 N–H and O–H groups in total. The number of carbonyl (C=O) groups is 1. The third-order valence-electron chi connectivity index (χ3n) is 2.51. The Kier molecular flexibility index (Phi) is 4.39. The van der Waals surface area contributed by atoms with E-state index in [9.17, 15) is 4.79 Å². The van der Waals surface area contributed by atoms with Crippen molar-refractivity contribution < 1.29 is 9.53 Å². The van der Waals surface area contributed by atoms with Crippen molar-refractivity contribution in [3.05, 3.63) is 41.5 Å². The lowest BCUT2D eigenvalue weighted by Gasteiger charge is -2.20. The Labute approximate surface area is 122 Å². The zero-order chi connectivity index (χ0) is 14.6. The number of nitrogens with zero attached hydrogens (tertiary/aromatic N) is 1. The monoisotopic (exact) mass is 290 g/mol. The maximum atomic E-state index is 11.7. The van der Waals surface area contributed by atoms with Crippen LogP contribution in [0.1, 0.15) is 26.3 Å². The summed E-state index contributed by atoms with van der Waals surface area (Å²) in [4.78, 5) is 17.0. The number of pyridine rings is 1. The van der Waals surface area contributed by atoms with Crippen LogP contribution < -0.4 is 5.32 Å². The van der Waals surface area contributed by atoms with E-state index in [-0.39, 0.29) is 0 Å². The van der Waals surface area contributed by atoms with Crippen molar-refractivity contribution in [1.82, 2.24) is 10.3 Å². The molecule has 4 nitrogen and oxygen atoms in total. The van der Waals surface area contributed by atoms with Crippen molar-refractivity contribution >= 4 is 17.4 Å². The first-order chi connectivity index (χ1) is 9.46. The van der Waals surface area contributed by atoms with E-state index in [0.29, 0.717) is 6.54 Å². The minimum Gasteiger partial charge on any atom is -0.444 e. The normalized spacial score (nSPS) is 11.2. The zero-order valence-corrected chi connectivity index (χ0v) is 12.7. The second kappa shape index (κ2) is 6.05.